The number of benzene rings is 2. The van der Waals surface area contributed by atoms with Crippen molar-refractivity contribution in [3.05, 3.63) is 84.4 Å². The molecule has 0 bridgehead atoms. The first-order chi connectivity index (χ1) is 18.3. The lowest BCUT2D eigenvalue weighted by molar-refractivity contribution is -0.0849. The van der Waals surface area contributed by atoms with E-state index in [1.165, 1.54) is 47.8 Å². The number of aromatic nitrogens is 1. The molecule has 3 aromatic rings. The molecule has 9 heteroatoms. The number of anilines is 1. The molecule has 2 atom stereocenters. The van der Waals surface area contributed by atoms with Crippen LogP contribution in [0.2, 0.25) is 0 Å². The fraction of sp³-hybridized carbons (Fsp3) is 0.414. The molecule has 1 aliphatic heterocycles. The molecule has 1 saturated heterocycles. The van der Waals surface area contributed by atoms with Crippen molar-refractivity contribution in [2.75, 3.05) is 24.5 Å². The molecule has 1 N–H and O–H groups in total. The summed E-state index contributed by atoms with van der Waals surface area (Å²) in [6.07, 6.45) is 8.21. The number of likely N-dealkylation sites (tertiary alicyclic amines) is 1. The Kier molecular flexibility index (Phi) is 7.70. The Morgan fingerprint density at radius 2 is 1.63 bits per heavy atom. The Morgan fingerprint density at radius 1 is 0.974 bits per heavy atom. The number of hydrogen-bond acceptors (Lipinski definition) is 6. The number of pyridine rings is 1. The van der Waals surface area contributed by atoms with Gasteiger partial charge in [-0.2, -0.15) is 0 Å². The minimum absolute atomic E-state index is 0.0444. The van der Waals surface area contributed by atoms with Gasteiger partial charge in [0.1, 0.15) is 17.2 Å². The molecule has 2 heterocycles. The number of hydrogen-bond donors (Lipinski definition) is 1. The molecule has 0 amide bonds. The van der Waals surface area contributed by atoms with Gasteiger partial charge in [-0.3, -0.25) is 14.2 Å². The number of ether oxygens (including phenoxy) is 1. The molecule has 1 aromatic heterocycles. The molecule has 38 heavy (non-hydrogen) atoms. The van der Waals surface area contributed by atoms with Gasteiger partial charge in [-0.25, -0.2) is 12.8 Å². The van der Waals surface area contributed by atoms with E-state index in [-0.39, 0.29) is 17.0 Å². The molecule has 5 rings (SSSR count). The monoisotopic (exact) mass is 539 g/mol. The van der Waals surface area contributed by atoms with E-state index in [9.17, 15) is 17.9 Å². The molecule has 1 saturated carbocycles. The lowest BCUT2D eigenvalue weighted by Gasteiger charge is -2.49. The highest BCUT2D eigenvalue weighted by Crippen LogP contribution is 2.41. The van der Waals surface area contributed by atoms with E-state index in [4.69, 9.17) is 4.74 Å². The fourth-order valence-electron chi connectivity index (χ4n) is 6.03. The summed E-state index contributed by atoms with van der Waals surface area (Å²) in [5, 5.41) is 11.8. The van der Waals surface area contributed by atoms with Gasteiger partial charge in [-0.05, 0) is 91.9 Å². The van der Waals surface area contributed by atoms with Gasteiger partial charge in [0.2, 0.25) is 0 Å². The number of methoxy groups -OCH3 is 1. The largest absolute Gasteiger partial charge is 0.497 e. The first-order valence-corrected chi connectivity index (χ1v) is 14.6. The van der Waals surface area contributed by atoms with Crippen LogP contribution in [0.15, 0.2) is 78.0 Å². The van der Waals surface area contributed by atoms with Crippen LogP contribution in [-0.4, -0.2) is 55.7 Å². The predicted molar refractivity (Wildman–Crippen MR) is 144 cm³/mol. The zero-order valence-corrected chi connectivity index (χ0v) is 22.4. The summed E-state index contributed by atoms with van der Waals surface area (Å²) >= 11 is 0. The van der Waals surface area contributed by atoms with Crippen LogP contribution in [-0.2, 0) is 15.6 Å². The SMILES string of the molecule is COc1ccc(S(=O)(=O)N(c2ccc(F)cc2)C2CCN([C@@H]3CCCC[C@]3(O)c3ccncc3)CC2)cc1. The van der Waals surface area contributed by atoms with E-state index in [0.717, 1.165) is 24.8 Å². The van der Waals surface area contributed by atoms with E-state index in [0.29, 0.717) is 43.8 Å². The number of rotatable bonds is 7. The van der Waals surface area contributed by atoms with E-state index in [1.54, 1.807) is 24.5 Å². The standard InChI is InChI=1S/C29H34FN3O4S/c1-37-26-9-11-27(12-10-26)38(35,36)33(24-7-5-23(30)6-8-24)25-15-20-32(21-16-25)28-4-2-3-17-29(28,34)22-13-18-31-19-14-22/h5-14,18-19,25,28,34H,2-4,15-17,20-21H2,1H3/t28-,29+/m1/s1. The van der Waals surface area contributed by atoms with Crippen molar-refractivity contribution in [2.45, 2.75) is 61.1 Å². The minimum Gasteiger partial charge on any atom is -0.497 e. The van der Waals surface area contributed by atoms with Crippen LogP contribution in [0.25, 0.3) is 0 Å². The second-order valence-corrected chi connectivity index (χ2v) is 12.0. The molecule has 7 nitrogen and oxygen atoms in total. The van der Waals surface area contributed by atoms with Gasteiger partial charge in [0.25, 0.3) is 10.0 Å². The molecule has 2 aromatic carbocycles. The number of aliphatic hydroxyl groups is 1. The highest BCUT2D eigenvalue weighted by molar-refractivity contribution is 7.92. The average Bonchev–Trinajstić information content (AvgIpc) is 2.95. The highest BCUT2D eigenvalue weighted by Gasteiger charge is 2.45. The third-order valence-corrected chi connectivity index (χ3v) is 9.88. The first-order valence-electron chi connectivity index (χ1n) is 13.1. The van der Waals surface area contributed by atoms with Crippen LogP contribution < -0.4 is 9.04 Å². The Labute approximate surface area is 223 Å². The van der Waals surface area contributed by atoms with Crippen LogP contribution in [0, 0.1) is 5.82 Å². The van der Waals surface area contributed by atoms with Gasteiger partial charge in [0, 0.05) is 37.6 Å². The molecular formula is C29H34FN3O4S. The maximum Gasteiger partial charge on any atom is 0.264 e. The van der Waals surface area contributed by atoms with Crippen molar-refractivity contribution in [1.82, 2.24) is 9.88 Å². The third-order valence-electron chi connectivity index (χ3n) is 7.99. The fourth-order valence-corrected chi connectivity index (χ4v) is 7.74. The van der Waals surface area contributed by atoms with E-state index < -0.39 is 21.4 Å². The number of halogens is 1. The van der Waals surface area contributed by atoms with Crippen LogP contribution in [0.3, 0.4) is 0 Å². The first kappa shape index (κ1) is 26.6. The van der Waals surface area contributed by atoms with Crippen LogP contribution in [0.4, 0.5) is 10.1 Å². The quantitative estimate of drug-likeness (QED) is 0.468. The maximum atomic E-state index is 13.9. The summed E-state index contributed by atoms with van der Waals surface area (Å²) in [5.74, 6) is 0.151. The van der Waals surface area contributed by atoms with Crippen molar-refractivity contribution in [1.29, 1.82) is 0 Å². The van der Waals surface area contributed by atoms with Crippen molar-refractivity contribution in [3.8, 4) is 5.75 Å². The van der Waals surface area contributed by atoms with Crippen molar-refractivity contribution < 1.29 is 22.7 Å². The summed E-state index contributed by atoms with van der Waals surface area (Å²) in [6.45, 7) is 1.30. The molecule has 202 valence electrons. The second kappa shape index (κ2) is 11.0. The van der Waals surface area contributed by atoms with Crippen LogP contribution in [0.5, 0.6) is 5.75 Å². The minimum atomic E-state index is -3.92. The van der Waals surface area contributed by atoms with Gasteiger partial charge in [-0.15, -0.1) is 0 Å². The van der Waals surface area contributed by atoms with E-state index in [1.807, 2.05) is 12.1 Å². The summed E-state index contributed by atoms with van der Waals surface area (Å²) in [7, 11) is -2.39. The average molecular weight is 540 g/mol. The maximum absolute atomic E-state index is 13.9. The molecule has 1 aliphatic carbocycles. The molecule has 0 unspecified atom stereocenters. The van der Waals surface area contributed by atoms with Crippen LogP contribution in [0.1, 0.15) is 44.1 Å². The molecule has 2 fully saturated rings. The second-order valence-electron chi connectivity index (χ2n) is 10.1. The predicted octanol–water partition coefficient (Wildman–Crippen LogP) is 4.72. The van der Waals surface area contributed by atoms with Gasteiger partial charge in [0.15, 0.2) is 0 Å². The van der Waals surface area contributed by atoms with Crippen molar-refractivity contribution in [2.24, 2.45) is 0 Å². The van der Waals surface area contributed by atoms with Gasteiger partial charge < -0.3 is 9.84 Å². The zero-order chi connectivity index (χ0) is 26.8. The zero-order valence-electron chi connectivity index (χ0n) is 21.5. The topological polar surface area (TPSA) is 83.0 Å². The van der Waals surface area contributed by atoms with Crippen LogP contribution >= 0.6 is 0 Å². The summed E-state index contributed by atoms with van der Waals surface area (Å²) in [6, 6.07) is 15.4. The van der Waals surface area contributed by atoms with Gasteiger partial charge >= 0.3 is 0 Å². The summed E-state index contributed by atoms with van der Waals surface area (Å²) < 4.78 is 48.2. The smallest absolute Gasteiger partial charge is 0.264 e. The number of sulfonamides is 1. The lowest BCUT2D eigenvalue weighted by Crippen LogP contribution is -2.57. The Balaban J connectivity index is 1.41. The van der Waals surface area contributed by atoms with E-state index >= 15 is 0 Å². The van der Waals surface area contributed by atoms with Gasteiger partial charge in [0.05, 0.1) is 17.7 Å². The Morgan fingerprint density at radius 3 is 2.26 bits per heavy atom. The molecule has 0 spiro atoms. The van der Waals surface area contributed by atoms with Crippen molar-refractivity contribution in [3.63, 3.8) is 0 Å². The summed E-state index contributed by atoms with van der Waals surface area (Å²) in [4.78, 5) is 6.59. The summed E-state index contributed by atoms with van der Waals surface area (Å²) in [5.41, 5.74) is 0.362. The third kappa shape index (κ3) is 5.15. The number of nitrogens with zero attached hydrogens (tertiary/aromatic N) is 3. The Bertz CT molecular complexity index is 1310. The molecule has 0 radical (unpaired) electrons. The Hall–Kier alpha value is -3.01. The van der Waals surface area contributed by atoms with E-state index in [2.05, 4.69) is 9.88 Å². The molecular weight excluding hydrogens is 505 g/mol. The van der Waals surface area contributed by atoms with Gasteiger partial charge in [-0.1, -0.05) is 12.8 Å². The normalized spacial score (nSPS) is 23.2. The number of piperidine rings is 1. The lowest BCUT2D eigenvalue weighted by atomic mass is 9.74. The highest BCUT2D eigenvalue weighted by atomic mass is 32.2. The molecule has 2 aliphatic rings. The van der Waals surface area contributed by atoms with Crippen molar-refractivity contribution >= 4 is 15.7 Å².